The van der Waals surface area contributed by atoms with E-state index >= 15 is 0 Å². The fourth-order valence-corrected chi connectivity index (χ4v) is 1.12. The van der Waals surface area contributed by atoms with E-state index in [-0.39, 0.29) is 0 Å². The zero-order valence-corrected chi connectivity index (χ0v) is 6.41. The molecule has 0 rings (SSSR count). The fourth-order valence-electron chi connectivity index (χ4n) is 0.509. The zero-order chi connectivity index (χ0) is 7.11. The second kappa shape index (κ2) is 5.77. The van der Waals surface area contributed by atoms with Crippen molar-refractivity contribution in [1.82, 2.24) is 0 Å². The molecule has 0 N–H and O–H groups in total. The van der Waals surface area contributed by atoms with Crippen molar-refractivity contribution in [3.05, 3.63) is 0 Å². The molecule has 9 heavy (non-hydrogen) atoms. The number of unbranched alkanes of at least 4 members (excludes halogenated alkanes) is 2. The summed E-state index contributed by atoms with van der Waals surface area (Å²) in [5.41, 5.74) is 0. The summed E-state index contributed by atoms with van der Waals surface area (Å²) in [7, 11) is -0.678. The number of hydrogen-bond donors (Lipinski definition) is 0. The topological polar surface area (TPSA) is 40.9 Å². The lowest BCUT2D eigenvalue weighted by molar-refractivity contribution is 0.682. The fraction of sp³-hybridized carbons (Fsp3) is 0.833. The van der Waals surface area contributed by atoms with Crippen LogP contribution in [-0.4, -0.2) is 16.2 Å². The Labute approximate surface area is 58.3 Å². The van der Waals surface area contributed by atoms with Crippen molar-refractivity contribution in [2.24, 2.45) is 0 Å². The van der Waals surface area contributed by atoms with Crippen molar-refractivity contribution in [2.45, 2.75) is 19.3 Å². The van der Waals surface area contributed by atoms with Gasteiger partial charge >= 0.3 is 0 Å². The third-order valence-electron chi connectivity index (χ3n) is 0.970. The van der Waals surface area contributed by atoms with Gasteiger partial charge in [0.05, 0.1) is 6.07 Å². The van der Waals surface area contributed by atoms with Gasteiger partial charge in [0.15, 0.2) is 0 Å². The van der Waals surface area contributed by atoms with Gasteiger partial charge in [-0.1, -0.05) is 0 Å². The average molecular weight is 145 g/mol. The monoisotopic (exact) mass is 145 g/mol. The molecule has 3 heteroatoms. The molecule has 0 saturated carbocycles. The molecule has 0 spiro atoms. The molecule has 0 amide bonds. The van der Waals surface area contributed by atoms with Crippen molar-refractivity contribution >= 4 is 10.8 Å². The van der Waals surface area contributed by atoms with Gasteiger partial charge in [-0.15, -0.1) is 0 Å². The number of hydrogen-bond acceptors (Lipinski definition) is 2. The van der Waals surface area contributed by atoms with E-state index in [1.165, 1.54) is 0 Å². The first-order chi connectivity index (χ1) is 4.27. The summed E-state index contributed by atoms with van der Waals surface area (Å²) >= 11 is 0. The minimum Gasteiger partial charge on any atom is -0.260 e. The molecule has 0 bridgehead atoms. The smallest absolute Gasteiger partial charge is 0.0621 e. The lowest BCUT2D eigenvalue weighted by Gasteiger charge is -1.90. The lowest BCUT2D eigenvalue weighted by atomic mass is 10.3. The Hall–Kier alpha value is -0.360. The molecule has 0 heterocycles. The Morgan fingerprint density at radius 2 is 2.22 bits per heavy atom. The largest absolute Gasteiger partial charge is 0.260 e. The molecular weight excluding hydrogens is 134 g/mol. The summed E-state index contributed by atoms with van der Waals surface area (Å²) in [6.07, 6.45) is 4.08. The maximum absolute atomic E-state index is 10.4. The molecule has 0 aliphatic rings. The van der Waals surface area contributed by atoms with Crippen LogP contribution in [0.1, 0.15) is 19.3 Å². The van der Waals surface area contributed by atoms with Crippen LogP contribution in [0, 0.1) is 11.3 Å². The molecule has 52 valence electrons. The van der Waals surface area contributed by atoms with E-state index in [4.69, 9.17) is 5.26 Å². The molecule has 2 nitrogen and oxygen atoms in total. The molecule has 0 aromatic rings. The van der Waals surface area contributed by atoms with Gasteiger partial charge in [0, 0.05) is 29.2 Å². The molecular formula is C6H11NOS. The zero-order valence-electron chi connectivity index (χ0n) is 5.59. The van der Waals surface area contributed by atoms with E-state index < -0.39 is 10.8 Å². The Morgan fingerprint density at radius 1 is 1.56 bits per heavy atom. The van der Waals surface area contributed by atoms with Gasteiger partial charge in [-0.3, -0.25) is 4.21 Å². The van der Waals surface area contributed by atoms with Crippen LogP contribution in [-0.2, 0) is 10.8 Å². The van der Waals surface area contributed by atoms with Crippen LogP contribution < -0.4 is 0 Å². The lowest BCUT2D eigenvalue weighted by Crippen LogP contribution is -1.92. The number of nitriles is 1. The summed E-state index contributed by atoms with van der Waals surface area (Å²) < 4.78 is 10.4. The molecule has 0 aromatic heterocycles. The van der Waals surface area contributed by atoms with Crippen molar-refractivity contribution in [3.8, 4) is 6.07 Å². The van der Waals surface area contributed by atoms with Crippen LogP contribution in [0.2, 0.25) is 0 Å². The summed E-state index contributed by atoms with van der Waals surface area (Å²) in [5, 5.41) is 8.11. The van der Waals surface area contributed by atoms with Gasteiger partial charge < -0.3 is 0 Å². The summed E-state index contributed by atoms with van der Waals surface area (Å²) in [6, 6.07) is 2.04. The van der Waals surface area contributed by atoms with E-state index in [0.717, 1.165) is 18.6 Å². The van der Waals surface area contributed by atoms with E-state index in [0.29, 0.717) is 6.42 Å². The number of rotatable bonds is 4. The summed E-state index contributed by atoms with van der Waals surface area (Å²) in [6.45, 7) is 0. The second-order valence-corrected chi connectivity index (χ2v) is 3.45. The van der Waals surface area contributed by atoms with E-state index in [1.807, 2.05) is 6.07 Å². The summed E-state index contributed by atoms with van der Waals surface area (Å²) in [4.78, 5) is 0. The minimum absolute atomic E-state index is 0.594. The second-order valence-electron chi connectivity index (χ2n) is 1.89. The Morgan fingerprint density at radius 3 is 2.67 bits per heavy atom. The maximum Gasteiger partial charge on any atom is 0.0621 e. The van der Waals surface area contributed by atoms with Gasteiger partial charge in [-0.25, -0.2) is 0 Å². The molecule has 0 aliphatic carbocycles. The van der Waals surface area contributed by atoms with Crippen LogP contribution in [0.25, 0.3) is 0 Å². The molecule has 0 fully saturated rings. The van der Waals surface area contributed by atoms with Gasteiger partial charge in [0.2, 0.25) is 0 Å². The standard InChI is InChI=1S/C6H11NOS/c1-9(8)6-4-2-3-5-7/h2-4,6H2,1H3/t9-/m0/s1. The first-order valence-corrected chi connectivity index (χ1v) is 4.67. The van der Waals surface area contributed by atoms with Crippen molar-refractivity contribution < 1.29 is 4.21 Å². The van der Waals surface area contributed by atoms with Gasteiger partial charge in [-0.05, 0) is 12.8 Å². The Balaban J connectivity index is 2.94. The van der Waals surface area contributed by atoms with Crippen molar-refractivity contribution in [3.63, 3.8) is 0 Å². The quantitative estimate of drug-likeness (QED) is 0.555. The minimum atomic E-state index is -0.678. The van der Waals surface area contributed by atoms with Crippen LogP contribution in [0.4, 0.5) is 0 Å². The van der Waals surface area contributed by atoms with E-state index in [2.05, 4.69) is 0 Å². The predicted molar refractivity (Wildman–Crippen MR) is 38.4 cm³/mol. The van der Waals surface area contributed by atoms with Crippen molar-refractivity contribution in [1.29, 1.82) is 5.26 Å². The molecule has 0 radical (unpaired) electrons. The van der Waals surface area contributed by atoms with E-state index in [9.17, 15) is 4.21 Å². The Kier molecular flexibility index (Phi) is 5.54. The highest BCUT2D eigenvalue weighted by molar-refractivity contribution is 7.84. The molecule has 1 atom stereocenters. The average Bonchev–Trinajstić information content (AvgIpc) is 1.80. The van der Waals surface area contributed by atoms with Crippen LogP contribution in [0.15, 0.2) is 0 Å². The van der Waals surface area contributed by atoms with Crippen LogP contribution in [0.5, 0.6) is 0 Å². The Bertz CT molecular complexity index is 128. The van der Waals surface area contributed by atoms with Crippen molar-refractivity contribution in [2.75, 3.05) is 12.0 Å². The van der Waals surface area contributed by atoms with Crippen LogP contribution in [0.3, 0.4) is 0 Å². The van der Waals surface area contributed by atoms with Gasteiger partial charge in [0.25, 0.3) is 0 Å². The summed E-state index contributed by atoms with van der Waals surface area (Å²) in [5.74, 6) is 0.738. The highest BCUT2D eigenvalue weighted by Gasteiger charge is 1.89. The van der Waals surface area contributed by atoms with Gasteiger partial charge in [0.1, 0.15) is 0 Å². The maximum atomic E-state index is 10.4. The van der Waals surface area contributed by atoms with E-state index in [1.54, 1.807) is 6.26 Å². The van der Waals surface area contributed by atoms with Gasteiger partial charge in [-0.2, -0.15) is 5.26 Å². The highest BCUT2D eigenvalue weighted by Crippen LogP contribution is 1.94. The normalized spacial score (nSPS) is 12.4. The highest BCUT2D eigenvalue weighted by atomic mass is 32.2. The molecule has 0 aliphatic heterocycles. The third kappa shape index (κ3) is 7.64. The molecule has 0 aromatic carbocycles. The predicted octanol–water partition coefficient (Wildman–Crippen LogP) is 1.06. The first-order valence-electron chi connectivity index (χ1n) is 2.94. The first kappa shape index (κ1) is 8.64. The van der Waals surface area contributed by atoms with Crippen LogP contribution >= 0.6 is 0 Å². The molecule has 0 unspecified atom stereocenters. The number of nitrogens with zero attached hydrogens (tertiary/aromatic N) is 1. The molecule has 0 saturated heterocycles. The SMILES string of the molecule is C[S@](=O)CCCCC#N. The third-order valence-corrected chi connectivity index (χ3v) is 1.83.